The van der Waals surface area contributed by atoms with Crippen LogP contribution >= 0.6 is 0 Å². The molecule has 114 valence electrons. The minimum Gasteiger partial charge on any atom is -0.382 e. The van der Waals surface area contributed by atoms with Crippen molar-refractivity contribution in [3.8, 4) is 0 Å². The quantitative estimate of drug-likeness (QED) is 0.733. The molecular formula is C15H15FN4O2. The van der Waals surface area contributed by atoms with Crippen LogP contribution in [-0.2, 0) is 11.8 Å². The lowest BCUT2D eigenvalue weighted by Gasteiger charge is -2.19. The largest absolute Gasteiger partial charge is 0.382 e. The van der Waals surface area contributed by atoms with Crippen LogP contribution in [0.25, 0.3) is 10.9 Å². The molecule has 22 heavy (non-hydrogen) atoms. The lowest BCUT2D eigenvalue weighted by Crippen LogP contribution is -2.30. The Hall–Kier alpha value is -2.54. The Labute approximate surface area is 125 Å². The molecule has 0 saturated heterocycles. The van der Waals surface area contributed by atoms with E-state index in [0.717, 1.165) is 5.69 Å². The molecule has 1 unspecified atom stereocenters. The van der Waals surface area contributed by atoms with Crippen LogP contribution in [0.3, 0.4) is 0 Å². The predicted octanol–water partition coefficient (Wildman–Crippen LogP) is 1.50. The number of methoxy groups -OCH3 is 1. The van der Waals surface area contributed by atoms with Crippen molar-refractivity contribution in [1.82, 2.24) is 19.3 Å². The second kappa shape index (κ2) is 5.69. The molecule has 0 N–H and O–H groups in total. The maximum Gasteiger partial charge on any atom is 0.264 e. The summed E-state index contributed by atoms with van der Waals surface area (Å²) < 4.78 is 22.2. The van der Waals surface area contributed by atoms with Gasteiger partial charge in [0.05, 0.1) is 24.1 Å². The van der Waals surface area contributed by atoms with Crippen LogP contribution in [0.4, 0.5) is 4.39 Å². The van der Waals surface area contributed by atoms with Gasteiger partial charge in [-0.05, 0) is 18.2 Å². The van der Waals surface area contributed by atoms with E-state index in [4.69, 9.17) is 4.74 Å². The molecular weight excluding hydrogens is 287 g/mol. The van der Waals surface area contributed by atoms with Gasteiger partial charge in [-0.25, -0.2) is 9.37 Å². The second-order valence-corrected chi connectivity index (χ2v) is 4.94. The summed E-state index contributed by atoms with van der Waals surface area (Å²) in [4.78, 5) is 16.9. The molecule has 0 saturated carbocycles. The van der Waals surface area contributed by atoms with E-state index in [9.17, 15) is 9.18 Å². The van der Waals surface area contributed by atoms with Gasteiger partial charge in [-0.2, -0.15) is 5.10 Å². The van der Waals surface area contributed by atoms with Gasteiger partial charge in [-0.3, -0.25) is 14.0 Å². The van der Waals surface area contributed by atoms with Crippen molar-refractivity contribution in [3.63, 3.8) is 0 Å². The third kappa shape index (κ3) is 2.29. The molecule has 6 nitrogen and oxygen atoms in total. The number of rotatable bonds is 4. The highest BCUT2D eigenvalue weighted by molar-refractivity contribution is 5.77. The van der Waals surface area contributed by atoms with Crippen molar-refractivity contribution < 1.29 is 9.13 Å². The minimum absolute atomic E-state index is 0.0201. The number of aryl methyl sites for hydroxylation is 1. The van der Waals surface area contributed by atoms with E-state index in [-0.39, 0.29) is 12.0 Å². The standard InChI is InChI=1S/C15H15FN4O2/c1-19-12(6-7-18-19)13(8-22-2)20-9-17-11-5-3-4-10(16)14(11)15(20)21/h3-7,9,13H,8H2,1-2H3. The Morgan fingerprint density at radius 1 is 1.36 bits per heavy atom. The Morgan fingerprint density at radius 2 is 2.18 bits per heavy atom. The summed E-state index contributed by atoms with van der Waals surface area (Å²) in [6.45, 7) is 0.251. The average molecular weight is 302 g/mol. The van der Waals surface area contributed by atoms with Crippen molar-refractivity contribution in [2.75, 3.05) is 13.7 Å². The molecule has 0 radical (unpaired) electrons. The molecule has 0 aliphatic carbocycles. The number of nitrogens with zero attached hydrogens (tertiary/aromatic N) is 4. The molecule has 7 heteroatoms. The maximum atomic E-state index is 14.0. The average Bonchev–Trinajstić information content (AvgIpc) is 2.92. The highest BCUT2D eigenvalue weighted by atomic mass is 19.1. The fourth-order valence-electron chi connectivity index (χ4n) is 2.54. The van der Waals surface area contributed by atoms with Gasteiger partial charge in [0.1, 0.15) is 17.2 Å². The number of aromatic nitrogens is 4. The zero-order chi connectivity index (χ0) is 15.7. The summed E-state index contributed by atoms with van der Waals surface area (Å²) >= 11 is 0. The normalized spacial score (nSPS) is 12.7. The van der Waals surface area contributed by atoms with Gasteiger partial charge in [0.2, 0.25) is 0 Å². The number of halogens is 1. The summed E-state index contributed by atoms with van der Waals surface area (Å²) in [6.07, 6.45) is 3.05. The molecule has 3 rings (SSSR count). The summed E-state index contributed by atoms with van der Waals surface area (Å²) in [5, 5.41) is 4.09. The van der Waals surface area contributed by atoms with E-state index in [1.54, 1.807) is 37.2 Å². The first kappa shape index (κ1) is 14.4. The Bertz CT molecular complexity index is 871. The van der Waals surface area contributed by atoms with E-state index in [2.05, 4.69) is 10.1 Å². The third-order valence-corrected chi connectivity index (χ3v) is 3.62. The number of ether oxygens (including phenoxy) is 1. The Balaban J connectivity index is 2.23. The van der Waals surface area contributed by atoms with Gasteiger partial charge in [-0.15, -0.1) is 0 Å². The van der Waals surface area contributed by atoms with E-state index in [1.807, 2.05) is 0 Å². The molecule has 0 fully saturated rings. The van der Waals surface area contributed by atoms with E-state index in [0.29, 0.717) is 5.52 Å². The first-order valence-electron chi connectivity index (χ1n) is 6.75. The summed E-state index contributed by atoms with van der Waals surface area (Å²) in [6, 6.07) is 5.76. The minimum atomic E-state index is -0.578. The van der Waals surface area contributed by atoms with Gasteiger partial charge in [0, 0.05) is 20.4 Å². The van der Waals surface area contributed by atoms with Crippen LogP contribution in [0.5, 0.6) is 0 Å². The van der Waals surface area contributed by atoms with Crippen LogP contribution in [0.1, 0.15) is 11.7 Å². The van der Waals surface area contributed by atoms with Gasteiger partial charge < -0.3 is 4.74 Å². The van der Waals surface area contributed by atoms with Crippen LogP contribution in [-0.4, -0.2) is 33.0 Å². The Kier molecular flexibility index (Phi) is 3.72. The number of hydrogen-bond donors (Lipinski definition) is 0. The molecule has 2 heterocycles. The van der Waals surface area contributed by atoms with Crippen LogP contribution in [0, 0.1) is 5.82 Å². The molecule has 0 spiro atoms. The van der Waals surface area contributed by atoms with Crippen LogP contribution < -0.4 is 5.56 Å². The van der Waals surface area contributed by atoms with Gasteiger partial charge >= 0.3 is 0 Å². The fourth-order valence-corrected chi connectivity index (χ4v) is 2.54. The van der Waals surface area contributed by atoms with E-state index in [1.165, 1.54) is 23.0 Å². The molecule has 0 amide bonds. The lowest BCUT2D eigenvalue weighted by atomic mass is 10.2. The topological polar surface area (TPSA) is 61.9 Å². The van der Waals surface area contributed by atoms with E-state index >= 15 is 0 Å². The maximum absolute atomic E-state index is 14.0. The molecule has 0 aliphatic heterocycles. The smallest absolute Gasteiger partial charge is 0.264 e. The summed E-state index contributed by atoms with van der Waals surface area (Å²) in [5.74, 6) is -0.578. The highest BCUT2D eigenvalue weighted by Crippen LogP contribution is 2.18. The monoisotopic (exact) mass is 302 g/mol. The van der Waals surface area contributed by atoms with Crippen LogP contribution in [0.15, 0.2) is 41.6 Å². The predicted molar refractivity (Wildman–Crippen MR) is 79.2 cm³/mol. The number of fused-ring (bicyclic) bond motifs is 1. The second-order valence-electron chi connectivity index (χ2n) is 4.94. The van der Waals surface area contributed by atoms with Crippen molar-refractivity contribution in [2.45, 2.75) is 6.04 Å². The van der Waals surface area contributed by atoms with Crippen molar-refractivity contribution >= 4 is 10.9 Å². The third-order valence-electron chi connectivity index (χ3n) is 3.62. The lowest BCUT2D eigenvalue weighted by molar-refractivity contribution is 0.164. The SMILES string of the molecule is COCC(c1ccnn1C)n1cnc2cccc(F)c2c1=O. The van der Waals surface area contributed by atoms with Gasteiger partial charge in [0.25, 0.3) is 5.56 Å². The fraction of sp³-hybridized carbons (Fsp3) is 0.267. The van der Waals surface area contributed by atoms with Gasteiger partial charge in [-0.1, -0.05) is 6.07 Å². The molecule has 1 aromatic carbocycles. The molecule has 0 aliphatic rings. The van der Waals surface area contributed by atoms with Gasteiger partial charge in [0.15, 0.2) is 0 Å². The van der Waals surface area contributed by atoms with Crippen molar-refractivity contribution in [2.24, 2.45) is 7.05 Å². The molecule has 2 aromatic heterocycles. The summed E-state index contributed by atoms with van der Waals surface area (Å²) in [5.41, 5.74) is 0.676. The number of hydrogen-bond acceptors (Lipinski definition) is 4. The zero-order valence-corrected chi connectivity index (χ0v) is 12.2. The first-order chi connectivity index (χ1) is 10.6. The Morgan fingerprint density at radius 3 is 2.86 bits per heavy atom. The highest BCUT2D eigenvalue weighted by Gasteiger charge is 2.20. The number of benzene rings is 1. The molecule has 0 bridgehead atoms. The van der Waals surface area contributed by atoms with Crippen molar-refractivity contribution in [3.05, 3.63) is 58.7 Å². The van der Waals surface area contributed by atoms with Crippen LogP contribution in [0.2, 0.25) is 0 Å². The van der Waals surface area contributed by atoms with E-state index < -0.39 is 17.4 Å². The molecule has 1 atom stereocenters. The zero-order valence-electron chi connectivity index (χ0n) is 12.2. The molecule has 3 aromatic rings. The first-order valence-corrected chi connectivity index (χ1v) is 6.75. The summed E-state index contributed by atoms with van der Waals surface area (Å²) in [7, 11) is 3.32. The van der Waals surface area contributed by atoms with Crippen molar-refractivity contribution in [1.29, 1.82) is 0 Å².